The summed E-state index contributed by atoms with van der Waals surface area (Å²) in [7, 11) is 0. The summed E-state index contributed by atoms with van der Waals surface area (Å²) in [5, 5.41) is 3.47. The van der Waals surface area contributed by atoms with Crippen LogP contribution in [0.1, 0.15) is 36.2 Å². The number of halogens is 1. The molecule has 1 unspecified atom stereocenters. The topological polar surface area (TPSA) is 94.8 Å². The third kappa shape index (κ3) is 4.56. The van der Waals surface area contributed by atoms with E-state index in [4.69, 9.17) is 11.6 Å². The number of benzene rings is 1. The van der Waals surface area contributed by atoms with Gasteiger partial charge in [-0.05, 0) is 38.0 Å². The zero-order chi connectivity index (χ0) is 17.0. The van der Waals surface area contributed by atoms with Crippen molar-refractivity contribution in [3.63, 3.8) is 0 Å². The van der Waals surface area contributed by atoms with Gasteiger partial charge in [0.15, 0.2) is 0 Å². The van der Waals surface area contributed by atoms with Crippen molar-refractivity contribution in [1.82, 2.24) is 15.3 Å². The Bertz CT molecular complexity index is 826. The minimum Gasteiger partial charge on any atom is -0.350 e. The number of hydrogen-bond donors (Lipinski definition) is 3. The highest BCUT2D eigenvalue weighted by Gasteiger charge is 2.12. The number of carbonyl (C=O) groups excluding carboxylic acids is 1. The zero-order valence-electron chi connectivity index (χ0n) is 12.9. The van der Waals surface area contributed by atoms with Gasteiger partial charge in [0, 0.05) is 22.7 Å². The summed E-state index contributed by atoms with van der Waals surface area (Å²) in [5.41, 5.74) is 0.797. The second kappa shape index (κ2) is 7.28. The molecule has 2 rings (SSSR count). The van der Waals surface area contributed by atoms with Gasteiger partial charge in [-0.3, -0.25) is 14.6 Å². The van der Waals surface area contributed by atoms with Crippen molar-refractivity contribution in [2.24, 2.45) is 0 Å². The molecule has 3 N–H and O–H groups in total. The van der Waals surface area contributed by atoms with Gasteiger partial charge in [-0.1, -0.05) is 23.7 Å². The lowest BCUT2D eigenvalue weighted by atomic mass is 10.1. The number of H-pyrrole nitrogens is 2. The highest BCUT2D eigenvalue weighted by Crippen LogP contribution is 2.17. The van der Waals surface area contributed by atoms with E-state index in [1.807, 2.05) is 19.1 Å². The third-order valence-corrected chi connectivity index (χ3v) is 3.82. The van der Waals surface area contributed by atoms with Gasteiger partial charge < -0.3 is 10.3 Å². The van der Waals surface area contributed by atoms with Crippen molar-refractivity contribution in [1.29, 1.82) is 0 Å². The molecule has 1 aromatic heterocycles. The Morgan fingerprint density at radius 2 is 2.04 bits per heavy atom. The van der Waals surface area contributed by atoms with E-state index >= 15 is 0 Å². The van der Waals surface area contributed by atoms with Gasteiger partial charge in [0.05, 0.1) is 6.04 Å². The minimum atomic E-state index is -0.546. The fourth-order valence-electron chi connectivity index (χ4n) is 2.34. The quantitative estimate of drug-likeness (QED) is 0.778. The zero-order valence-corrected chi connectivity index (χ0v) is 13.7. The van der Waals surface area contributed by atoms with Crippen LogP contribution in [0.2, 0.25) is 5.02 Å². The first-order valence-corrected chi connectivity index (χ1v) is 7.61. The van der Waals surface area contributed by atoms with Gasteiger partial charge in [0.25, 0.3) is 5.56 Å². The molecule has 7 heteroatoms. The Labute approximate surface area is 137 Å². The Morgan fingerprint density at radius 1 is 1.30 bits per heavy atom. The minimum absolute atomic E-state index is 0.154. The monoisotopic (exact) mass is 335 g/mol. The normalized spacial score (nSPS) is 12.0. The summed E-state index contributed by atoms with van der Waals surface area (Å²) in [5.74, 6) is -0.178. The van der Waals surface area contributed by atoms with Crippen LogP contribution in [-0.4, -0.2) is 15.9 Å². The smallest absolute Gasteiger partial charge is 0.325 e. The molecule has 0 aliphatic rings. The molecule has 0 saturated carbocycles. The van der Waals surface area contributed by atoms with Crippen molar-refractivity contribution in [2.45, 2.75) is 32.7 Å². The predicted molar refractivity (Wildman–Crippen MR) is 88.8 cm³/mol. The number of hydrogen-bond acceptors (Lipinski definition) is 3. The van der Waals surface area contributed by atoms with Crippen molar-refractivity contribution >= 4 is 17.5 Å². The van der Waals surface area contributed by atoms with E-state index in [9.17, 15) is 14.4 Å². The van der Waals surface area contributed by atoms with Crippen LogP contribution in [0.4, 0.5) is 0 Å². The lowest BCUT2D eigenvalue weighted by molar-refractivity contribution is -0.121. The fourth-order valence-corrected chi connectivity index (χ4v) is 2.54. The molecule has 0 saturated heterocycles. The third-order valence-electron chi connectivity index (χ3n) is 3.58. The van der Waals surface area contributed by atoms with E-state index in [0.29, 0.717) is 16.3 Å². The summed E-state index contributed by atoms with van der Waals surface area (Å²) >= 11 is 5.93. The molecular weight excluding hydrogens is 318 g/mol. The highest BCUT2D eigenvalue weighted by molar-refractivity contribution is 6.30. The first kappa shape index (κ1) is 17.0. The molecule has 0 aliphatic carbocycles. The molecule has 1 aromatic carbocycles. The Morgan fingerprint density at radius 3 is 2.70 bits per heavy atom. The molecule has 122 valence electrons. The highest BCUT2D eigenvalue weighted by atomic mass is 35.5. The van der Waals surface area contributed by atoms with E-state index in [0.717, 1.165) is 5.56 Å². The van der Waals surface area contributed by atoms with Crippen LogP contribution in [-0.2, 0) is 11.2 Å². The molecule has 6 nitrogen and oxygen atoms in total. The van der Waals surface area contributed by atoms with Crippen molar-refractivity contribution in [3.8, 4) is 0 Å². The second-order valence-corrected chi connectivity index (χ2v) is 5.79. The van der Waals surface area contributed by atoms with Crippen LogP contribution in [0.3, 0.4) is 0 Å². The fraction of sp³-hybridized carbons (Fsp3) is 0.312. The molecule has 0 spiro atoms. The molecule has 2 aromatic rings. The van der Waals surface area contributed by atoms with E-state index in [2.05, 4.69) is 15.3 Å². The largest absolute Gasteiger partial charge is 0.350 e. The lowest BCUT2D eigenvalue weighted by Gasteiger charge is -2.14. The van der Waals surface area contributed by atoms with Crippen molar-refractivity contribution in [3.05, 3.63) is 66.9 Å². The number of aryl methyl sites for hydroxylation is 1. The summed E-state index contributed by atoms with van der Waals surface area (Å²) in [6, 6.07) is 7.09. The standard InChI is InChI=1S/C16H18ClN3O3/c1-9(11-4-3-5-12(17)8-11)18-14(21)7-6-13-10(2)19-16(23)20-15(13)22/h3-5,8-9H,6-7H2,1-2H3,(H,18,21)(H2,19,20,22,23). The van der Waals surface area contributed by atoms with Gasteiger partial charge in [-0.25, -0.2) is 4.79 Å². The maximum Gasteiger partial charge on any atom is 0.325 e. The number of rotatable bonds is 5. The summed E-state index contributed by atoms with van der Waals surface area (Å²) in [4.78, 5) is 39.6. The number of aromatic amines is 2. The van der Waals surface area contributed by atoms with Crippen LogP contribution < -0.4 is 16.6 Å². The van der Waals surface area contributed by atoms with Gasteiger partial charge in [-0.15, -0.1) is 0 Å². The number of carbonyl (C=O) groups is 1. The van der Waals surface area contributed by atoms with Gasteiger partial charge in [0.1, 0.15) is 0 Å². The summed E-state index contributed by atoms with van der Waals surface area (Å²) in [6.07, 6.45) is 0.410. The lowest BCUT2D eigenvalue weighted by Crippen LogP contribution is -2.30. The SMILES string of the molecule is Cc1[nH]c(=O)[nH]c(=O)c1CCC(=O)NC(C)c1cccc(Cl)c1. The number of aromatic nitrogens is 2. The maximum absolute atomic E-state index is 12.0. The second-order valence-electron chi connectivity index (χ2n) is 5.36. The molecule has 23 heavy (non-hydrogen) atoms. The van der Waals surface area contributed by atoms with Crippen LogP contribution in [0.15, 0.2) is 33.9 Å². The molecule has 0 fully saturated rings. The number of amides is 1. The predicted octanol–water partition coefficient (Wildman–Crippen LogP) is 1.84. The molecule has 1 amide bonds. The maximum atomic E-state index is 12.0. The van der Waals surface area contributed by atoms with Gasteiger partial charge >= 0.3 is 5.69 Å². The number of nitrogens with one attached hydrogen (secondary N) is 3. The van der Waals surface area contributed by atoms with Crippen molar-refractivity contribution < 1.29 is 4.79 Å². The summed E-state index contributed by atoms with van der Waals surface area (Å²) < 4.78 is 0. The molecule has 1 atom stereocenters. The molecule has 1 heterocycles. The van der Waals surface area contributed by atoms with Crippen LogP contribution in [0, 0.1) is 6.92 Å². The Balaban J connectivity index is 1.98. The van der Waals surface area contributed by atoms with Crippen LogP contribution >= 0.6 is 11.6 Å². The molecule has 0 bridgehead atoms. The molecule has 0 radical (unpaired) electrons. The van der Waals surface area contributed by atoms with E-state index < -0.39 is 11.2 Å². The van der Waals surface area contributed by atoms with E-state index in [1.165, 1.54) is 0 Å². The first-order chi connectivity index (χ1) is 10.9. The molecular formula is C16H18ClN3O3. The first-order valence-electron chi connectivity index (χ1n) is 7.23. The Hall–Kier alpha value is -2.34. The van der Waals surface area contributed by atoms with Gasteiger partial charge in [-0.2, -0.15) is 0 Å². The van der Waals surface area contributed by atoms with E-state index in [1.54, 1.807) is 19.1 Å². The molecule has 0 aliphatic heterocycles. The van der Waals surface area contributed by atoms with Crippen LogP contribution in [0.5, 0.6) is 0 Å². The van der Waals surface area contributed by atoms with E-state index in [-0.39, 0.29) is 24.8 Å². The van der Waals surface area contributed by atoms with Gasteiger partial charge in [0.2, 0.25) is 5.91 Å². The summed E-state index contributed by atoms with van der Waals surface area (Å²) in [6.45, 7) is 3.50. The van der Waals surface area contributed by atoms with Crippen molar-refractivity contribution in [2.75, 3.05) is 0 Å². The average molecular weight is 336 g/mol. The average Bonchev–Trinajstić information content (AvgIpc) is 2.46. The Kier molecular flexibility index (Phi) is 5.39. The van der Waals surface area contributed by atoms with Crippen LogP contribution in [0.25, 0.3) is 0 Å².